The molecule has 2 N–H and O–H groups in total. The van der Waals surface area contributed by atoms with Crippen LogP contribution in [0.25, 0.3) is 0 Å². The number of tetrazole rings is 1. The Morgan fingerprint density at radius 1 is 1.69 bits per heavy atom. The molecule has 7 heteroatoms. The second-order valence-corrected chi connectivity index (χ2v) is 3.76. The van der Waals surface area contributed by atoms with E-state index in [1.165, 1.54) is 11.8 Å². The van der Waals surface area contributed by atoms with Gasteiger partial charge >= 0.3 is 0 Å². The zero-order valence-electron chi connectivity index (χ0n) is 6.98. The fourth-order valence-electron chi connectivity index (χ4n) is 0.705. The maximum absolute atomic E-state index is 5.61. The van der Waals surface area contributed by atoms with Gasteiger partial charge in [0.15, 0.2) is 0 Å². The summed E-state index contributed by atoms with van der Waals surface area (Å²) in [6.07, 6.45) is 0. The van der Waals surface area contributed by atoms with E-state index >= 15 is 0 Å². The summed E-state index contributed by atoms with van der Waals surface area (Å²) in [6, 6.07) is 0. The quantitative estimate of drug-likeness (QED) is 0.730. The van der Waals surface area contributed by atoms with Crippen molar-refractivity contribution in [2.24, 2.45) is 5.73 Å². The van der Waals surface area contributed by atoms with Gasteiger partial charge in [-0.25, -0.2) is 4.68 Å². The van der Waals surface area contributed by atoms with Gasteiger partial charge < -0.3 is 5.73 Å². The molecule has 0 spiro atoms. The Labute approximate surface area is 85.3 Å². The SMILES string of the molecule is C=C(Cl)CSc1nnnn1CCN. The van der Waals surface area contributed by atoms with E-state index in [0.29, 0.717) is 29.0 Å². The van der Waals surface area contributed by atoms with Crippen LogP contribution in [-0.2, 0) is 6.54 Å². The third-order valence-corrected chi connectivity index (χ3v) is 2.53. The standard InChI is InChI=1S/C6H10ClN5S/c1-5(7)4-13-6-9-10-11-12(6)3-2-8/h1-4,8H2. The number of hydrogen-bond donors (Lipinski definition) is 1. The van der Waals surface area contributed by atoms with Gasteiger partial charge in [0.25, 0.3) is 0 Å². The largest absolute Gasteiger partial charge is 0.329 e. The highest BCUT2D eigenvalue weighted by Crippen LogP contribution is 2.17. The second kappa shape index (κ2) is 5.21. The molecule has 1 rings (SSSR count). The lowest BCUT2D eigenvalue weighted by atomic mass is 10.7. The van der Waals surface area contributed by atoms with Crippen LogP contribution in [-0.4, -0.2) is 32.5 Å². The fourth-order valence-corrected chi connectivity index (χ4v) is 1.53. The molecule has 0 unspecified atom stereocenters. The van der Waals surface area contributed by atoms with Crippen molar-refractivity contribution in [2.75, 3.05) is 12.3 Å². The van der Waals surface area contributed by atoms with Crippen molar-refractivity contribution < 1.29 is 0 Å². The smallest absolute Gasteiger partial charge is 0.209 e. The number of nitrogens with zero attached hydrogens (tertiary/aromatic N) is 4. The van der Waals surface area contributed by atoms with Crippen molar-refractivity contribution in [2.45, 2.75) is 11.7 Å². The van der Waals surface area contributed by atoms with Crippen LogP contribution in [0.2, 0.25) is 0 Å². The van der Waals surface area contributed by atoms with Crippen LogP contribution >= 0.6 is 23.4 Å². The third kappa shape index (κ3) is 3.33. The molecule has 1 heterocycles. The molecule has 0 atom stereocenters. The maximum atomic E-state index is 5.61. The fraction of sp³-hybridized carbons (Fsp3) is 0.500. The lowest BCUT2D eigenvalue weighted by Gasteiger charge is -2.00. The highest BCUT2D eigenvalue weighted by molar-refractivity contribution is 7.99. The van der Waals surface area contributed by atoms with Crippen LogP contribution in [0.5, 0.6) is 0 Å². The van der Waals surface area contributed by atoms with E-state index in [0.717, 1.165) is 0 Å². The summed E-state index contributed by atoms with van der Waals surface area (Å²) in [5, 5.41) is 12.4. The lowest BCUT2D eigenvalue weighted by molar-refractivity contribution is 0.557. The number of nitrogens with two attached hydrogens (primary N) is 1. The van der Waals surface area contributed by atoms with Crippen LogP contribution in [0, 0.1) is 0 Å². The molecule has 0 saturated carbocycles. The predicted octanol–water partition coefficient (Wildman–Crippen LogP) is 0.476. The summed E-state index contributed by atoms with van der Waals surface area (Å²) in [4.78, 5) is 0. The summed E-state index contributed by atoms with van der Waals surface area (Å²) < 4.78 is 1.64. The molecule has 0 aromatic carbocycles. The van der Waals surface area contributed by atoms with Crippen LogP contribution < -0.4 is 5.73 Å². The molecule has 0 radical (unpaired) electrons. The van der Waals surface area contributed by atoms with E-state index < -0.39 is 0 Å². The van der Waals surface area contributed by atoms with Crippen LogP contribution in [0.1, 0.15) is 0 Å². The number of halogens is 1. The van der Waals surface area contributed by atoms with Crippen LogP contribution in [0.15, 0.2) is 16.8 Å². The molecular formula is C6H10ClN5S. The molecule has 72 valence electrons. The van der Waals surface area contributed by atoms with E-state index in [1.54, 1.807) is 4.68 Å². The molecule has 5 nitrogen and oxygen atoms in total. The maximum Gasteiger partial charge on any atom is 0.209 e. The predicted molar refractivity (Wildman–Crippen MR) is 52.6 cm³/mol. The van der Waals surface area contributed by atoms with Crippen molar-refractivity contribution in [1.29, 1.82) is 0 Å². The van der Waals surface area contributed by atoms with Gasteiger partial charge in [-0.05, 0) is 10.4 Å². The second-order valence-electron chi connectivity index (χ2n) is 2.28. The first kappa shape index (κ1) is 10.5. The van der Waals surface area contributed by atoms with E-state index in [-0.39, 0.29) is 0 Å². The molecule has 0 amide bonds. The molecule has 0 bridgehead atoms. The molecule has 0 aliphatic rings. The van der Waals surface area contributed by atoms with Crippen molar-refractivity contribution in [3.63, 3.8) is 0 Å². The van der Waals surface area contributed by atoms with Crippen molar-refractivity contribution in [3.8, 4) is 0 Å². The van der Waals surface area contributed by atoms with Gasteiger partial charge in [0, 0.05) is 17.3 Å². The average molecular weight is 220 g/mol. The molecule has 0 fully saturated rings. The average Bonchev–Trinajstić information content (AvgIpc) is 2.49. The monoisotopic (exact) mass is 219 g/mol. The van der Waals surface area contributed by atoms with Gasteiger partial charge in [-0.15, -0.1) is 5.10 Å². The minimum Gasteiger partial charge on any atom is -0.329 e. The molecule has 1 aromatic rings. The van der Waals surface area contributed by atoms with Crippen LogP contribution in [0.3, 0.4) is 0 Å². The molecule has 1 aromatic heterocycles. The summed E-state index contributed by atoms with van der Waals surface area (Å²) in [5.74, 6) is 0.604. The number of hydrogen-bond acceptors (Lipinski definition) is 5. The van der Waals surface area contributed by atoms with Crippen LogP contribution in [0.4, 0.5) is 0 Å². The van der Waals surface area contributed by atoms with Crippen molar-refractivity contribution >= 4 is 23.4 Å². The van der Waals surface area contributed by atoms with Gasteiger partial charge in [0.1, 0.15) is 0 Å². The van der Waals surface area contributed by atoms with E-state index in [2.05, 4.69) is 22.1 Å². The Morgan fingerprint density at radius 3 is 3.08 bits per heavy atom. The first-order chi connectivity index (χ1) is 6.24. The zero-order valence-corrected chi connectivity index (χ0v) is 8.55. The first-order valence-electron chi connectivity index (χ1n) is 3.66. The van der Waals surface area contributed by atoms with Crippen molar-refractivity contribution in [1.82, 2.24) is 20.2 Å². The Hall–Kier alpha value is -0.590. The molecule has 13 heavy (non-hydrogen) atoms. The number of thioether (sulfide) groups is 1. The Bertz CT molecular complexity index is 286. The zero-order chi connectivity index (χ0) is 9.68. The molecule has 0 saturated heterocycles. The van der Waals surface area contributed by atoms with E-state index in [9.17, 15) is 0 Å². The number of rotatable bonds is 5. The van der Waals surface area contributed by atoms with Gasteiger partial charge in [-0.1, -0.05) is 29.9 Å². The molecular weight excluding hydrogens is 210 g/mol. The Kier molecular flexibility index (Phi) is 4.20. The van der Waals surface area contributed by atoms with Gasteiger partial charge in [-0.3, -0.25) is 0 Å². The van der Waals surface area contributed by atoms with E-state index in [1.807, 2.05) is 0 Å². The highest BCUT2D eigenvalue weighted by atomic mass is 35.5. The topological polar surface area (TPSA) is 69.6 Å². The van der Waals surface area contributed by atoms with Crippen molar-refractivity contribution in [3.05, 3.63) is 11.6 Å². The first-order valence-corrected chi connectivity index (χ1v) is 5.02. The lowest BCUT2D eigenvalue weighted by Crippen LogP contribution is -2.12. The Balaban J connectivity index is 2.54. The van der Waals surface area contributed by atoms with E-state index in [4.69, 9.17) is 17.3 Å². The van der Waals surface area contributed by atoms with Gasteiger partial charge in [0.2, 0.25) is 5.16 Å². The van der Waals surface area contributed by atoms with Gasteiger partial charge in [0.05, 0.1) is 6.54 Å². The Morgan fingerprint density at radius 2 is 2.46 bits per heavy atom. The summed E-state index contributed by atoms with van der Waals surface area (Å²) in [7, 11) is 0. The van der Waals surface area contributed by atoms with Gasteiger partial charge in [-0.2, -0.15) is 0 Å². The summed E-state index contributed by atoms with van der Waals surface area (Å²) in [5.41, 5.74) is 5.38. The highest BCUT2D eigenvalue weighted by Gasteiger charge is 2.05. The third-order valence-electron chi connectivity index (χ3n) is 1.20. The summed E-state index contributed by atoms with van der Waals surface area (Å²) >= 11 is 7.05. The minimum absolute atomic E-state index is 0.514. The number of aromatic nitrogens is 4. The summed E-state index contributed by atoms with van der Waals surface area (Å²) in [6.45, 7) is 4.70. The minimum atomic E-state index is 0.514. The molecule has 0 aliphatic heterocycles. The normalized spacial score (nSPS) is 10.3. The molecule has 0 aliphatic carbocycles.